The van der Waals surface area contributed by atoms with Crippen LogP contribution in [0.2, 0.25) is 10.0 Å². The summed E-state index contributed by atoms with van der Waals surface area (Å²) in [6, 6.07) is 9.74. The first kappa shape index (κ1) is 18.7. The third kappa shape index (κ3) is 4.91. The third-order valence-corrected chi connectivity index (χ3v) is 3.71. The van der Waals surface area contributed by atoms with Gasteiger partial charge in [-0.05, 0) is 37.3 Å². The van der Waals surface area contributed by atoms with Gasteiger partial charge in [0, 0.05) is 22.8 Å². The number of benzene rings is 2. The van der Waals surface area contributed by atoms with E-state index in [-0.39, 0.29) is 16.3 Å². The van der Waals surface area contributed by atoms with Gasteiger partial charge < -0.3 is 10.1 Å². The average molecular weight is 383 g/mol. The van der Waals surface area contributed by atoms with E-state index in [4.69, 9.17) is 27.9 Å². The van der Waals surface area contributed by atoms with E-state index in [9.17, 15) is 19.7 Å². The second kappa shape index (κ2) is 7.96. The Bertz CT molecular complexity index is 824. The Morgan fingerprint density at radius 3 is 2.36 bits per heavy atom. The van der Waals surface area contributed by atoms with Crippen LogP contribution in [0.5, 0.6) is 0 Å². The van der Waals surface area contributed by atoms with Crippen molar-refractivity contribution in [3.05, 3.63) is 68.2 Å². The molecule has 1 N–H and O–H groups in total. The number of nitro groups is 1. The average Bonchev–Trinajstić information content (AvgIpc) is 2.56. The lowest BCUT2D eigenvalue weighted by Crippen LogP contribution is -2.30. The summed E-state index contributed by atoms with van der Waals surface area (Å²) in [5.41, 5.74) is 0.166. The smallest absolute Gasteiger partial charge is 0.340 e. The van der Waals surface area contributed by atoms with Crippen LogP contribution in [0, 0.1) is 10.1 Å². The van der Waals surface area contributed by atoms with E-state index in [2.05, 4.69) is 5.32 Å². The maximum Gasteiger partial charge on any atom is 0.340 e. The lowest BCUT2D eigenvalue weighted by Gasteiger charge is -2.14. The molecule has 0 aromatic heterocycles. The molecule has 9 heteroatoms. The molecule has 2 aromatic carbocycles. The minimum Gasteiger partial charge on any atom is -0.449 e. The molecule has 1 atom stereocenters. The maximum absolute atomic E-state index is 12.1. The van der Waals surface area contributed by atoms with E-state index in [1.807, 2.05) is 0 Å². The fourth-order valence-corrected chi connectivity index (χ4v) is 2.22. The highest BCUT2D eigenvalue weighted by Crippen LogP contribution is 2.23. The summed E-state index contributed by atoms with van der Waals surface area (Å²) in [6.45, 7) is 1.39. The van der Waals surface area contributed by atoms with Crippen molar-refractivity contribution in [1.29, 1.82) is 0 Å². The Kier molecular flexibility index (Phi) is 5.95. The molecule has 0 saturated carbocycles. The Morgan fingerprint density at radius 1 is 1.16 bits per heavy atom. The van der Waals surface area contributed by atoms with Gasteiger partial charge in [0.05, 0.1) is 15.5 Å². The molecule has 0 bridgehead atoms. The maximum atomic E-state index is 12.1. The van der Waals surface area contributed by atoms with Crippen molar-refractivity contribution in [3.8, 4) is 0 Å². The van der Waals surface area contributed by atoms with Crippen LogP contribution in [0.15, 0.2) is 42.5 Å². The first-order valence-corrected chi connectivity index (χ1v) is 7.75. The van der Waals surface area contributed by atoms with Gasteiger partial charge in [-0.2, -0.15) is 0 Å². The highest BCUT2D eigenvalue weighted by Gasteiger charge is 2.22. The van der Waals surface area contributed by atoms with Crippen LogP contribution in [-0.4, -0.2) is 22.9 Å². The van der Waals surface area contributed by atoms with Gasteiger partial charge in [-0.1, -0.05) is 23.2 Å². The van der Waals surface area contributed by atoms with Crippen molar-refractivity contribution in [2.24, 2.45) is 0 Å². The number of carbonyl (C=O) groups is 2. The summed E-state index contributed by atoms with van der Waals surface area (Å²) in [7, 11) is 0. The summed E-state index contributed by atoms with van der Waals surface area (Å²) < 4.78 is 5.04. The number of non-ortho nitro benzene ring substituents is 1. The summed E-state index contributed by atoms with van der Waals surface area (Å²) in [5, 5.41) is 13.6. The number of esters is 1. The minimum absolute atomic E-state index is 0.0709. The number of hydrogen-bond donors (Lipinski definition) is 1. The number of nitrogens with one attached hydrogen (secondary N) is 1. The summed E-state index contributed by atoms with van der Waals surface area (Å²) >= 11 is 11.6. The molecule has 0 aliphatic rings. The van der Waals surface area contributed by atoms with E-state index in [0.29, 0.717) is 10.7 Å². The molecule has 25 heavy (non-hydrogen) atoms. The van der Waals surface area contributed by atoms with Crippen molar-refractivity contribution >= 4 is 46.5 Å². The fourth-order valence-electron chi connectivity index (χ4n) is 1.84. The molecular weight excluding hydrogens is 371 g/mol. The van der Waals surface area contributed by atoms with E-state index < -0.39 is 22.9 Å². The van der Waals surface area contributed by atoms with Crippen molar-refractivity contribution in [1.82, 2.24) is 0 Å². The Morgan fingerprint density at radius 2 is 1.80 bits per heavy atom. The van der Waals surface area contributed by atoms with Crippen molar-refractivity contribution in [2.75, 3.05) is 5.32 Å². The monoisotopic (exact) mass is 382 g/mol. The first-order chi connectivity index (χ1) is 11.8. The number of nitro benzene ring substituents is 1. The topological polar surface area (TPSA) is 98.5 Å². The number of nitrogens with zero attached hydrogens (tertiary/aromatic N) is 1. The van der Waals surface area contributed by atoms with Crippen LogP contribution in [0.25, 0.3) is 0 Å². The zero-order valence-electron chi connectivity index (χ0n) is 12.9. The molecule has 130 valence electrons. The van der Waals surface area contributed by atoms with Gasteiger partial charge in [-0.15, -0.1) is 0 Å². The van der Waals surface area contributed by atoms with E-state index in [1.165, 1.54) is 13.0 Å². The quantitative estimate of drug-likeness (QED) is 0.477. The van der Waals surface area contributed by atoms with Gasteiger partial charge >= 0.3 is 5.97 Å². The second-order valence-corrected chi connectivity index (χ2v) is 5.81. The Balaban J connectivity index is 2.02. The zero-order chi connectivity index (χ0) is 18.6. The highest BCUT2D eigenvalue weighted by atomic mass is 35.5. The molecule has 2 rings (SSSR count). The minimum atomic E-state index is -1.10. The van der Waals surface area contributed by atoms with Gasteiger partial charge in [0.2, 0.25) is 0 Å². The lowest BCUT2D eigenvalue weighted by atomic mass is 10.2. The van der Waals surface area contributed by atoms with Gasteiger partial charge in [-0.3, -0.25) is 14.9 Å². The molecule has 0 spiro atoms. The molecule has 0 radical (unpaired) electrons. The predicted molar refractivity (Wildman–Crippen MR) is 93.1 cm³/mol. The molecule has 0 heterocycles. The zero-order valence-corrected chi connectivity index (χ0v) is 14.4. The molecule has 0 unspecified atom stereocenters. The molecule has 0 aliphatic carbocycles. The standard InChI is InChI=1S/C16H12Cl2N2O5/c1-9(15(21)19-11-4-2-10(17)3-5-11)25-16(22)13-7-6-12(20(23)24)8-14(13)18/h2-9H,1H3,(H,19,21)/t9-/m0/s1. The van der Waals surface area contributed by atoms with Gasteiger partial charge in [-0.25, -0.2) is 4.79 Å². The molecule has 0 fully saturated rings. The van der Waals surface area contributed by atoms with E-state index >= 15 is 0 Å². The lowest BCUT2D eigenvalue weighted by molar-refractivity contribution is -0.384. The molecule has 0 saturated heterocycles. The normalized spacial score (nSPS) is 11.5. The number of ether oxygens (including phenoxy) is 1. The number of halogens is 2. The summed E-state index contributed by atoms with van der Waals surface area (Å²) in [4.78, 5) is 34.2. The number of carbonyl (C=O) groups excluding carboxylic acids is 2. The highest BCUT2D eigenvalue weighted by molar-refractivity contribution is 6.33. The number of amides is 1. The number of rotatable bonds is 5. The molecule has 1 amide bonds. The van der Waals surface area contributed by atoms with Crippen molar-refractivity contribution < 1.29 is 19.2 Å². The van der Waals surface area contributed by atoms with Crippen molar-refractivity contribution in [2.45, 2.75) is 13.0 Å². The molecule has 0 aliphatic heterocycles. The second-order valence-electron chi connectivity index (χ2n) is 4.96. The molecular formula is C16H12Cl2N2O5. The Labute approximate surface area is 152 Å². The van der Waals surface area contributed by atoms with Crippen LogP contribution in [0.4, 0.5) is 11.4 Å². The van der Waals surface area contributed by atoms with Crippen LogP contribution < -0.4 is 5.32 Å². The number of anilines is 1. The summed E-state index contributed by atoms with van der Waals surface area (Å²) in [5.74, 6) is -1.41. The van der Waals surface area contributed by atoms with Crippen LogP contribution in [0.3, 0.4) is 0 Å². The molecule has 7 nitrogen and oxygen atoms in total. The van der Waals surface area contributed by atoms with E-state index in [1.54, 1.807) is 24.3 Å². The Hall–Kier alpha value is -2.64. The third-order valence-electron chi connectivity index (χ3n) is 3.15. The van der Waals surface area contributed by atoms with E-state index in [0.717, 1.165) is 12.1 Å². The van der Waals surface area contributed by atoms with Crippen LogP contribution in [0.1, 0.15) is 17.3 Å². The summed E-state index contributed by atoms with van der Waals surface area (Å²) in [6.07, 6.45) is -1.10. The largest absolute Gasteiger partial charge is 0.449 e. The van der Waals surface area contributed by atoms with Gasteiger partial charge in [0.25, 0.3) is 11.6 Å². The van der Waals surface area contributed by atoms with Crippen LogP contribution in [-0.2, 0) is 9.53 Å². The van der Waals surface area contributed by atoms with Crippen LogP contribution >= 0.6 is 23.2 Å². The van der Waals surface area contributed by atoms with Gasteiger partial charge in [0.1, 0.15) is 0 Å². The SMILES string of the molecule is C[C@H](OC(=O)c1ccc([N+](=O)[O-])cc1Cl)C(=O)Nc1ccc(Cl)cc1. The first-order valence-electron chi connectivity index (χ1n) is 6.99. The predicted octanol–water partition coefficient (Wildman–Crippen LogP) is 4.09. The molecule has 2 aromatic rings. The van der Waals surface area contributed by atoms with Crippen molar-refractivity contribution in [3.63, 3.8) is 0 Å². The number of hydrogen-bond acceptors (Lipinski definition) is 5. The van der Waals surface area contributed by atoms with Gasteiger partial charge in [0.15, 0.2) is 6.10 Å². The fraction of sp³-hybridized carbons (Fsp3) is 0.125.